The number of rotatable bonds is 8. The van der Waals surface area contributed by atoms with E-state index in [-0.39, 0.29) is 5.92 Å². The summed E-state index contributed by atoms with van der Waals surface area (Å²) in [5.74, 6) is 1.45. The molecule has 0 fully saturated rings. The van der Waals surface area contributed by atoms with Crippen LogP contribution < -0.4 is 14.8 Å². The minimum Gasteiger partial charge on any atom is -0.493 e. The van der Waals surface area contributed by atoms with Gasteiger partial charge in [-0.15, -0.1) is 0 Å². The number of carbonyl (C=O) groups is 1. The summed E-state index contributed by atoms with van der Waals surface area (Å²) < 4.78 is 16.4. The van der Waals surface area contributed by atoms with Gasteiger partial charge in [0.25, 0.3) is 0 Å². The highest BCUT2D eigenvalue weighted by molar-refractivity contribution is 5.79. The fourth-order valence-corrected chi connectivity index (χ4v) is 4.05. The highest BCUT2D eigenvalue weighted by Crippen LogP contribution is 2.44. The second-order valence-corrected chi connectivity index (χ2v) is 7.45. The van der Waals surface area contributed by atoms with Gasteiger partial charge in [0.15, 0.2) is 11.5 Å². The number of methoxy groups -OCH3 is 1. The van der Waals surface area contributed by atoms with Gasteiger partial charge in [-0.1, -0.05) is 66.7 Å². The molecule has 1 aliphatic rings. The molecule has 0 bridgehead atoms. The summed E-state index contributed by atoms with van der Waals surface area (Å²) in [6, 6.07) is 22.3. The van der Waals surface area contributed by atoms with Crippen molar-refractivity contribution in [1.82, 2.24) is 5.32 Å². The van der Waals surface area contributed by atoms with E-state index in [0.29, 0.717) is 31.3 Å². The highest BCUT2D eigenvalue weighted by atomic mass is 16.5. The fourth-order valence-electron chi connectivity index (χ4n) is 4.05. The summed E-state index contributed by atoms with van der Waals surface area (Å²) in [6.45, 7) is 3.18. The van der Waals surface area contributed by atoms with Crippen molar-refractivity contribution < 1.29 is 19.0 Å². The van der Waals surface area contributed by atoms with E-state index in [4.69, 9.17) is 14.2 Å². The molecular weight excluding hydrogens is 402 g/mol. The van der Waals surface area contributed by atoms with E-state index in [1.807, 2.05) is 61.5 Å². The maximum atomic E-state index is 12.2. The van der Waals surface area contributed by atoms with E-state index < -0.39 is 6.09 Å². The molecule has 0 radical (unpaired) electrons. The number of hydrogen-bond donors (Lipinski definition) is 1. The van der Waals surface area contributed by atoms with Gasteiger partial charge in [-0.2, -0.15) is 0 Å². The summed E-state index contributed by atoms with van der Waals surface area (Å²) in [7, 11) is 1.62. The number of nitrogens with one attached hydrogen (secondary N) is 1. The normalized spacial score (nSPS) is 12.3. The molecule has 3 aromatic rings. The Labute approximate surface area is 188 Å². The first-order valence-electron chi connectivity index (χ1n) is 10.8. The molecule has 0 aliphatic heterocycles. The molecule has 5 nitrogen and oxygen atoms in total. The van der Waals surface area contributed by atoms with Crippen molar-refractivity contribution in [1.29, 1.82) is 0 Å². The zero-order valence-corrected chi connectivity index (χ0v) is 18.3. The second kappa shape index (κ2) is 10.1. The molecule has 0 saturated carbocycles. The van der Waals surface area contributed by atoms with Crippen molar-refractivity contribution in [3.63, 3.8) is 0 Å². The van der Waals surface area contributed by atoms with Crippen molar-refractivity contribution in [2.45, 2.75) is 12.8 Å². The zero-order chi connectivity index (χ0) is 22.3. The minimum atomic E-state index is -0.430. The first-order chi connectivity index (χ1) is 15.7. The van der Waals surface area contributed by atoms with Gasteiger partial charge in [-0.05, 0) is 46.9 Å². The Morgan fingerprint density at radius 3 is 2.31 bits per heavy atom. The molecule has 3 aromatic carbocycles. The lowest BCUT2D eigenvalue weighted by molar-refractivity contribution is 0.144. The minimum absolute atomic E-state index is 0.0556. The van der Waals surface area contributed by atoms with Gasteiger partial charge >= 0.3 is 6.09 Å². The summed E-state index contributed by atoms with van der Waals surface area (Å²) in [6.07, 6.45) is 3.36. The van der Waals surface area contributed by atoms with Crippen molar-refractivity contribution in [2.24, 2.45) is 0 Å². The van der Waals surface area contributed by atoms with Gasteiger partial charge < -0.3 is 19.5 Å². The molecule has 1 N–H and O–H groups in total. The van der Waals surface area contributed by atoms with Crippen molar-refractivity contribution in [3.8, 4) is 22.6 Å². The second-order valence-electron chi connectivity index (χ2n) is 7.45. The van der Waals surface area contributed by atoms with Gasteiger partial charge in [-0.25, -0.2) is 4.79 Å². The molecule has 32 heavy (non-hydrogen) atoms. The summed E-state index contributed by atoms with van der Waals surface area (Å²) in [5, 5.41) is 2.78. The average Bonchev–Trinajstić information content (AvgIpc) is 3.15. The van der Waals surface area contributed by atoms with Gasteiger partial charge in [0.1, 0.15) is 6.61 Å². The summed E-state index contributed by atoms with van der Waals surface area (Å²) >= 11 is 0. The molecule has 0 spiro atoms. The molecule has 1 aliphatic carbocycles. The number of amides is 1. The monoisotopic (exact) mass is 429 g/mol. The van der Waals surface area contributed by atoms with Crippen LogP contribution in [0.15, 0.2) is 72.8 Å². The number of carbonyl (C=O) groups excluding carboxylic acids is 1. The van der Waals surface area contributed by atoms with E-state index in [1.54, 1.807) is 7.11 Å². The molecule has 0 unspecified atom stereocenters. The number of alkyl carbamates (subject to hydrolysis) is 1. The van der Waals surface area contributed by atoms with Crippen LogP contribution in [0.2, 0.25) is 0 Å². The van der Waals surface area contributed by atoms with Gasteiger partial charge in [0.05, 0.1) is 13.7 Å². The molecule has 164 valence electrons. The Morgan fingerprint density at radius 1 is 0.969 bits per heavy atom. The van der Waals surface area contributed by atoms with Crippen LogP contribution in [0, 0.1) is 0 Å². The van der Waals surface area contributed by atoms with Crippen LogP contribution in [0.3, 0.4) is 0 Å². The average molecular weight is 430 g/mol. The first kappa shape index (κ1) is 21.5. The van der Waals surface area contributed by atoms with E-state index in [9.17, 15) is 4.79 Å². The maximum Gasteiger partial charge on any atom is 0.407 e. The third-order valence-corrected chi connectivity index (χ3v) is 5.51. The molecule has 4 rings (SSSR count). The smallest absolute Gasteiger partial charge is 0.407 e. The number of benzene rings is 3. The Bertz CT molecular complexity index is 1080. The Hall–Kier alpha value is -3.73. The van der Waals surface area contributed by atoms with E-state index in [2.05, 4.69) is 29.6 Å². The molecule has 5 heteroatoms. The lowest BCUT2D eigenvalue weighted by atomic mass is 9.98. The van der Waals surface area contributed by atoms with E-state index in [1.165, 1.54) is 22.3 Å². The standard InChI is InChI=1S/C27H27NO4/c1-3-31-25-15-14-19(17-26(25)30-2)9-8-16-28-27(29)32-18-24-22-12-6-4-10-20(22)21-11-5-7-13-23(21)24/h4-15,17,24H,3,16,18H2,1-2H3,(H,28,29). The third kappa shape index (κ3) is 4.62. The fraction of sp³-hybridized carbons (Fsp3) is 0.222. The molecule has 0 heterocycles. The third-order valence-electron chi connectivity index (χ3n) is 5.51. The first-order valence-corrected chi connectivity index (χ1v) is 10.8. The maximum absolute atomic E-state index is 12.2. The molecule has 1 amide bonds. The molecule has 0 atom stereocenters. The van der Waals surface area contributed by atoms with Crippen molar-refractivity contribution in [3.05, 3.63) is 89.5 Å². The van der Waals surface area contributed by atoms with Crippen molar-refractivity contribution in [2.75, 3.05) is 26.9 Å². The lowest BCUT2D eigenvalue weighted by Crippen LogP contribution is -2.26. The van der Waals surface area contributed by atoms with Crippen LogP contribution in [0.5, 0.6) is 11.5 Å². The van der Waals surface area contributed by atoms with Crippen LogP contribution in [0.4, 0.5) is 4.79 Å². The molecular formula is C27H27NO4. The van der Waals surface area contributed by atoms with E-state index >= 15 is 0 Å². The highest BCUT2D eigenvalue weighted by Gasteiger charge is 2.28. The topological polar surface area (TPSA) is 56.8 Å². The van der Waals surface area contributed by atoms with Gasteiger partial charge in [0.2, 0.25) is 0 Å². The van der Waals surface area contributed by atoms with Crippen LogP contribution in [-0.4, -0.2) is 33.0 Å². The predicted molar refractivity (Wildman–Crippen MR) is 126 cm³/mol. The lowest BCUT2D eigenvalue weighted by Gasteiger charge is -2.14. The molecule has 0 aromatic heterocycles. The van der Waals surface area contributed by atoms with Gasteiger partial charge in [0, 0.05) is 12.5 Å². The SMILES string of the molecule is CCOc1ccc(C=CCNC(=O)OCC2c3ccccc3-c3ccccc32)cc1OC. The zero-order valence-electron chi connectivity index (χ0n) is 18.3. The van der Waals surface area contributed by atoms with Crippen LogP contribution in [0.1, 0.15) is 29.5 Å². The van der Waals surface area contributed by atoms with E-state index in [0.717, 1.165) is 5.56 Å². The number of ether oxygens (including phenoxy) is 3. The summed E-state index contributed by atoms with van der Waals surface area (Å²) in [5.41, 5.74) is 5.79. The summed E-state index contributed by atoms with van der Waals surface area (Å²) in [4.78, 5) is 12.2. The largest absolute Gasteiger partial charge is 0.493 e. The Morgan fingerprint density at radius 2 is 1.66 bits per heavy atom. The van der Waals surface area contributed by atoms with Crippen LogP contribution in [-0.2, 0) is 4.74 Å². The quantitative estimate of drug-likeness (QED) is 0.503. The Kier molecular flexibility index (Phi) is 6.75. The van der Waals surface area contributed by atoms with Crippen LogP contribution in [0.25, 0.3) is 17.2 Å². The van der Waals surface area contributed by atoms with Crippen LogP contribution >= 0.6 is 0 Å². The van der Waals surface area contributed by atoms with Gasteiger partial charge in [-0.3, -0.25) is 0 Å². The number of hydrogen-bond acceptors (Lipinski definition) is 4. The molecule has 0 saturated heterocycles. The predicted octanol–water partition coefficient (Wildman–Crippen LogP) is 5.65. The van der Waals surface area contributed by atoms with Crippen molar-refractivity contribution >= 4 is 12.2 Å². The Balaban J connectivity index is 1.31. The number of fused-ring (bicyclic) bond motifs is 3.